The fourth-order valence-electron chi connectivity index (χ4n) is 2.76. The number of rotatable bonds is 6. The number of morpholine rings is 1. The first kappa shape index (κ1) is 17.4. The van der Waals surface area contributed by atoms with Crippen molar-refractivity contribution in [1.29, 1.82) is 0 Å². The Hall–Kier alpha value is -0.650. The first-order valence-corrected chi connectivity index (χ1v) is 7.40. The van der Waals surface area contributed by atoms with Gasteiger partial charge in [-0.3, -0.25) is 15.0 Å². The van der Waals surface area contributed by atoms with E-state index in [1.54, 1.807) is 0 Å². The van der Waals surface area contributed by atoms with Gasteiger partial charge < -0.3 is 9.47 Å². The highest BCUT2D eigenvalue weighted by atomic mass is 16.5. The maximum Gasteiger partial charge on any atom is 0.325 e. The number of hydrogen-bond acceptors (Lipinski definition) is 5. The molecule has 5 heteroatoms. The van der Waals surface area contributed by atoms with E-state index in [1.165, 1.54) is 7.11 Å². The second kappa shape index (κ2) is 6.87. The molecule has 1 unspecified atom stereocenters. The monoisotopic (exact) mass is 286 g/mol. The molecule has 1 rings (SSSR count). The molecule has 0 amide bonds. The number of nitrogens with one attached hydrogen (secondary N) is 1. The number of nitrogens with zero attached hydrogens (tertiary/aromatic N) is 1. The molecule has 1 heterocycles. The van der Waals surface area contributed by atoms with Gasteiger partial charge in [-0.1, -0.05) is 0 Å². The fraction of sp³-hybridized carbons (Fsp3) is 0.933. The molecule has 118 valence electrons. The summed E-state index contributed by atoms with van der Waals surface area (Å²) in [6.07, 6.45) is 0.723. The molecular weight excluding hydrogens is 256 g/mol. The SMILES string of the molecule is COC(=O)C(C)(CCN1CCOCC1(C)C)NC(C)C. The number of ether oxygens (including phenoxy) is 2. The van der Waals surface area contributed by atoms with E-state index in [4.69, 9.17) is 9.47 Å². The van der Waals surface area contributed by atoms with Crippen LogP contribution < -0.4 is 5.32 Å². The van der Waals surface area contributed by atoms with Gasteiger partial charge in [-0.05, 0) is 41.0 Å². The van der Waals surface area contributed by atoms with Gasteiger partial charge in [-0.2, -0.15) is 0 Å². The predicted molar refractivity (Wildman–Crippen MR) is 79.8 cm³/mol. The van der Waals surface area contributed by atoms with E-state index in [-0.39, 0.29) is 17.6 Å². The molecule has 0 spiro atoms. The highest BCUT2D eigenvalue weighted by molar-refractivity contribution is 5.80. The molecule has 1 aliphatic heterocycles. The van der Waals surface area contributed by atoms with E-state index in [0.717, 1.165) is 32.7 Å². The summed E-state index contributed by atoms with van der Waals surface area (Å²) in [7, 11) is 1.45. The van der Waals surface area contributed by atoms with Crippen LogP contribution in [-0.4, -0.2) is 61.4 Å². The van der Waals surface area contributed by atoms with Crippen molar-refractivity contribution in [2.24, 2.45) is 0 Å². The summed E-state index contributed by atoms with van der Waals surface area (Å²) in [6, 6.07) is 0.233. The van der Waals surface area contributed by atoms with Crippen molar-refractivity contribution in [3.8, 4) is 0 Å². The molecule has 0 aromatic heterocycles. The maximum atomic E-state index is 12.1. The van der Waals surface area contributed by atoms with Crippen LogP contribution in [0.4, 0.5) is 0 Å². The Bertz CT molecular complexity index is 331. The second-order valence-electron chi connectivity index (χ2n) is 6.72. The van der Waals surface area contributed by atoms with Gasteiger partial charge in [-0.15, -0.1) is 0 Å². The lowest BCUT2D eigenvalue weighted by Crippen LogP contribution is -2.58. The molecule has 0 bridgehead atoms. The lowest BCUT2D eigenvalue weighted by molar-refractivity contribution is -0.149. The predicted octanol–water partition coefficient (Wildman–Crippen LogP) is 1.42. The van der Waals surface area contributed by atoms with Gasteiger partial charge in [0.2, 0.25) is 0 Å². The summed E-state index contributed by atoms with van der Waals surface area (Å²) in [5.74, 6) is -0.197. The average Bonchev–Trinajstić information content (AvgIpc) is 2.35. The second-order valence-corrected chi connectivity index (χ2v) is 6.72. The van der Waals surface area contributed by atoms with Gasteiger partial charge in [0.25, 0.3) is 0 Å². The molecule has 20 heavy (non-hydrogen) atoms. The Labute approximate surface area is 123 Å². The van der Waals surface area contributed by atoms with Crippen LogP contribution in [0.5, 0.6) is 0 Å². The zero-order valence-corrected chi connectivity index (χ0v) is 13.8. The molecular formula is C15H30N2O3. The van der Waals surface area contributed by atoms with E-state index in [2.05, 4.69) is 24.1 Å². The van der Waals surface area contributed by atoms with Crippen LogP contribution in [0.3, 0.4) is 0 Å². The number of hydrogen-bond donors (Lipinski definition) is 1. The van der Waals surface area contributed by atoms with Gasteiger partial charge in [0.05, 0.1) is 20.3 Å². The first-order chi connectivity index (χ1) is 9.21. The minimum Gasteiger partial charge on any atom is -0.468 e. The number of methoxy groups -OCH3 is 1. The third-order valence-electron chi connectivity index (χ3n) is 3.94. The lowest BCUT2D eigenvalue weighted by atomic mass is 9.94. The van der Waals surface area contributed by atoms with E-state index in [1.807, 2.05) is 20.8 Å². The molecule has 0 aliphatic carbocycles. The van der Waals surface area contributed by atoms with Gasteiger partial charge in [0, 0.05) is 24.7 Å². The summed E-state index contributed by atoms with van der Waals surface area (Å²) in [6.45, 7) is 13.6. The Balaban J connectivity index is 2.68. The minimum absolute atomic E-state index is 0.0209. The van der Waals surface area contributed by atoms with E-state index < -0.39 is 5.54 Å². The third-order valence-corrected chi connectivity index (χ3v) is 3.94. The summed E-state index contributed by atoms with van der Waals surface area (Å²) >= 11 is 0. The van der Waals surface area contributed by atoms with E-state index >= 15 is 0 Å². The van der Waals surface area contributed by atoms with Crippen molar-refractivity contribution in [2.45, 2.75) is 58.2 Å². The largest absolute Gasteiger partial charge is 0.468 e. The van der Waals surface area contributed by atoms with Crippen LogP contribution in [0.15, 0.2) is 0 Å². The molecule has 0 saturated carbocycles. The zero-order valence-electron chi connectivity index (χ0n) is 13.8. The molecule has 1 aliphatic rings. The molecule has 1 N–H and O–H groups in total. The standard InChI is InChI=1S/C15H30N2O3/c1-12(2)16-15(5,13(18)19-6)7-8-17-9-10-20-11-14(17,3)4/h12,16H,7-11H2,1-6H3. The Morgan fingerprint density at radius 3 is 2.65 bits per heavy atom. The molecule has 1 fully saturated rings. The van der Waals surface area contributed by atoms with Crippen molar-refractivity contribution < 1.29 is 14.3 Å². The summed E-state index contributed by atoms with van der Waals surface area (Å²) < 4.78 is 10.5. The maximum absolute atomic E-state index is 12.1. The topological polar surface area (TPSA) is 50.8 Å². The van der Waals surface area contributed by atoms with Gasteiger partial charge in [-0.25, -0.2) is 0 Å². The lowest BCUT2D eigenvalue weighted by Gasteiger charge is -2.43. The van der Waals surface area contributed by atoms with Crippen molar-refractivity contribution in [1.82, 2.24) is 10.2 Å². The average molecular weight is 286 g/mol. The first-order valence-electron chi connectivity index (χ1n) is 7.40. The fourth-order valence-corrected chi connectivity index (χ4v) is 2.76. The number of carbonyl (C=O) groups is 1. The molecule has 0 aromatic rings. The molecule has 1 saturated heterocycles. The third kappa shape index (κ3) is 4.43. The summed E-state index contributed by atoms with van der Waals surface area (Å²) in [5.41, 5.74) is -0.621. The summed E-state index contributed by atoms with van der Waals surface area (Å²) in [4.78, 5) is 14.5. The Morgan fingerprint density at radius 1 is 1.50 bits per heavy atom. The number of esters is 1. The van der Waals surface area contributed by atoms with Gasteiger partial charge >= 0.3 is 5.97 Å². The van der Waals surface area contributed by atoms with E-state index in [9.17, 15) is 4.79 Å². The van der Waals surface area contributed by atoms with Crippen molar-refractivity contribution in [3.63, 3.8) is 0 Å². The van der Waals surface area contributed by atoms with Crippen LogP contribution >= 0.6 is 0 Å². The smallest absolute Gasteiger partial charge is 0.325 e. The van der Waals surface area contributed by atoms with Gasteiger partial charge in [0.1, 0.15) is 5.54 Å². The number of carbonyl (C=O) groups excluding carboxylic acids is 1. The van der Waals surface area contributed by atoms with Crippen LogP contribution in [0.1, 0.15) is 41.0 Å². The highest BCUT2D eigenvalue weighted by Crippen LogP contribution is 2.22. The Morgan fingerprint density at radius 2 is 2.15 bits per heavy atom. The normalized spacial score (nSPS) is 22.6. The van der Waals surface area contributed by atoms with E-state index in [0.29, 0.717) is 0 Å². The Kier molecular flexibility index (Phi) is 5.98. The highest BCUT2D eigenvalue weighted by Gasteiger charge is 2.37. The minimum atomic E-state index is -0.642. The van der Waals surface area contributed by atoms with Crippen LogP contribution in [-0.2, 0) is 14.3 Å². The summed E-state index contributed by atoms with van der Waals surface area (Å²) in [5, 5.41) is 3.34. The van der Waals surface area contributed by atoms with Crippen LogP contribution in [0, 0.1) is 0 Å². The molecule has 0 aromatic carbocycles. The van der Waals surface area contributed by atoms with Crippen molar-refractivity contribution in [3.05, 3.63) is 0 Å². The molecule has 1 atom stereocenters. The van der Waals surface area contributed by atoms with Gasteiger partial charge in [0.15, 0.2) is 0 Å². The van der Waals surface area contributed by atoms with Crippen molar-refractivity contribution >= 4 is 5.97 Å². The molecule has 0 radical (unpaired) electrons. The molecule has 5 nitrogen and oxygen atoms in total. The quantitative estimate of drug-likeness (QED) is 0.748. The van der Waals surface area contributed by atoms with Crippen LogP contribution in [0.2, 0.25) is 0 Å². The van der Waals surface area contributed by atoms with Crippen LogP contribution in [0.25, 0.3) is 0 Å². The van der Waals surface area contributed by atoms with Crippen molar-refractivity contribution in [2.75, 3.05) is 33.4 Å². The zero-order chi connectivity index (χ0) is 15.4.